The van der Waals surface area contributed by atoms with Crippen LogP contribution in [-0.2, 0) is 9.59 Å². The number of hydrogen-bond acceptors (Lipinski definition) is 3. The maximum atomic E-state index is 14.1. The van der Waals surface area contributed by atoms with Crippen molar-refractivity contribution in [3.63, 3.8) is 0 Å². The lowest BCUT2D eigenvalue weighted by Crippen LogP contribution is -2.47. The van der Waals surface area contributed by atoms with Gasteiger partial charge in [0.2, 0.25) is 5.91 Å². The lowest BCUT2D eigenvalue weighted by molar-refractivity contribution is -0.122. The molecule has 1 heterocycles. The minimum atomic E-state index is -0.892. The van der Waals surface area contributed by atoms with E-state index in [2.05, 4.69) is 22.6 Å². The van der Waals surface area contributed by atoms with E-state index in [0.29, 0.717) is 5.69 Å². The van der Waals surface area contributed by atoms with Gasteiger partial charge >= 0.3 is 0 Å². The first-order valence-corrected chi connectivity index (χ1v) is 9.75. The summed E-state index contributed by atoms with van der Waals surface area (Å²) >= 11 is 2.14. The largest absolute Gasteiger partial charge is 0.323 e. The summed E-state index contributed by atoms with van der Waals surface area (Å²) in [7, 11) is 0. The Labute approximate surface area is 169 Å². The Kier molecular flexibility index (Phi) is 4.71. The molecule has 138 valence electrons. The Balaban J connectivity index is 1.65. The minimum absolute atomic E-state index is 0.0719. The third-order valence-corrected chi connectivity index (χ3v) is 5.54. The molecule has 1 aliphatic heterocycles. The highest BCUT2D eigenvalue weighted by atomic mass is 127. The molecule has 2 aromatic carbocycles. The summed E-state index contributed by atoms with van der Waals surface area (Å²) in [4.78, 5) is 41.1. The lowest BCUT2D eigenvalue weighted by Gasteiger charge is -2.27. The van der Waals surface area contributed by atoms with Gasteiger partial charge in [0.05, 0.1) is 17.7 Å². The number of hydrogen-bond donors (Lipinski definition) is 0. The van der Waals surface area contributed by atoms with E-state index in [0.717, 1.165) is 21.3 Å². The SMILES string of the molecule is O=C1CC(N(C(=O)c2ccccc2F)C2CC2)C(=O)N1c1ccc(I)cc1. The maximum Gasteiger partial charge on any atom is 0.257 e. The van der Waals surface area contributed by atoms with Crippen molar-refractivity contribution in [3.8, 4) is 0 Å². The van der Waals surface area contributed by atoms with Crippen LogP contribution in [0, 0.1) is 9.39 Å². The van der Waals surface area contributed by atoms with E-state index >= 15 is 0 Å². The second-order valence-corrected chi connectivity index (χ2v) is 7.93. The molecule has 0 aromatic heterocycles. The Morgan fingerprint density at radius 1 is 1.07 bits per heavy atom. The van der Waals surface area contributed by atoms with Gasteiger partial charge in [-0.1, -0.05) is 12.1 Å². The molecule has 0 radical (unpaired) electrons. The topological polar surface area (TPSA) is 57.7 Å². The quantitative estimate of drug-likeness (QED) is 0.501. The number of carbonyl (C=O) groups is 3. The minimum Gasteiger partial charge on any atom is -0.323 e. The molecule has 7 heteroatoms. The summed E-state index contributed by atoms with van der Waals surface area (Å²) in [5.74, 6) is -1.94. The lowest BCUT2D eigenvalue weighted by atomic mass is 10.1. The molecule has 1 aliphatic carbocycles. The maximum absolute atomic E-state index is 14.1. The van der Waals surface area contributed by atoms with E-state index in [1.165, 1.54) is 23.1 Å². The third kappa shape index (κ3) is 3.36. The van der Waals surface area contributed by atoms with Crippen molar-refractivity contribution >= 4 is 46.0 Å². The second kappa shape index (κ2) is 7.03. The summed E-state index contributed by atoms with van der Waals surface area (Å²) in [6.45, 7) is 0. The zero-order valence-corrected chi connectivity index (χ0v) is 16.4. The number of imide groups is 1. The average Bonchev–Trinajstić information content (AvgIpc) is 3.43. The fraction of sp³-hybridized carbons (Fsp3) is 0.250. The van der Waals surface area contributed by atoms with Crippen LogP contribution in [0.15, 0.2) is 48.5 Å². The van der Waals surface area contributed by atoms with Crippen molar-refractivity contribution in [1.29, 1.82) is 0 Å². The Hall–Kier alpha value is -2.29. The van der Waals surface area contributed by atoms with Crippen LogP contribution in [0.3, 0.4) is 0 Å². The van der Waals surface area contributed by atoms with Crippen molar-refractivity contribution in [2.24, 2.45) is 0 Å². The molecule has 1 saturated carbocycles. The number of anilines is 1. The number of rotatable bonds is 4. The molecule has 3 amide bonds. The predicted octanol–water partition coefficient (Wildman–Crippen LogP) is 3.37. The predicted molar refractivity (Wildman–Crippen MR) is 106 cm³/mol. The summed E-state index contributed by atoms with van der Waals surface area (Å²) in [5, 5.41) is 0. The van der Waals surface area contributed by atoms with Crippen LogP contribution in [0.1, 0.15) is 29.6 Å². The first-order valence-electron chi connectivity index (χ1n) is 8.67. The van der Waals surface area contributed by atoms with Crippen molar-refractivity contribution in [2.75, 3.05) is 4.90 Å². The van der Waals surface area contributed by atoms with Gasteiger partial charge < -0.3 is 4.90 Å². The first kappa shape index (κ1) is 18.1. The van der Waals surface area contributed by atoms with E-state index < -0.39 is 23.7 Å². The molecule has 2 aromatic rings. The Bertz CT molecular complexity index is 927. The summed E-state index contributed by atoms with van der Waals surface area (Å²) in [6.07, 6.45) is 1.42. The fourth-order valence-corrected chi connectivity index (χ4v) is 3.74. The first-order chi connectivity index (χ1) is 13.0. The van der Waals surface area contributed by atoms with Gasteiger partial charge in [-0.05, 0) is 71.8 Å². The van der Waals surface area contributed by atoms with Gasteiger partial charge in [-0.2, -0.15) is 0 Å². The highest BCUT2D eigenvalue weighted by Gasteiger charge is 2.49. The van der Waals surface area contributed by atoms with Crippen LogP contribution in [0.25, 0.3) is 0 Å². The number of amides is 3. The molecule has 0 spiro atoms. The highest BCUT2D eigenvalue weighted by Crippen LogP contribution is 2.35. The molecule has 4 rings (SSSR count). The standard InChI is InChI=1S/C20H16FIN2O3/c21-16-4-2-1-3-15(16)19(26)23(13-9-10-13)17-11-18(25)24(20(17)27)14-7-5-12(22)6-8-14/h1-8,13,17H,9-11H2. The van der Waals surface area contributed by atoms with E-state index in [-0.39, 0.29) is 23.9 Å². The second-order valence-electron chi connectivity index (χ2n) is 6.69. The van der Waals surface area contributed by atoms with Crippen LogP contribution in [0.5, 0.6) is 0 Å². The molecular weight excluding hydrogens is 462 g/mol. The molecule has 2 fully saturated rings. The van der Waals surface area contributed by atoms with Gasteiger partial charge in [0, 0.05) is 9.61 Å². The van der Waals surface area contributed by atoms with E-state index in [4.69, 9.17) is 0 Å². The fourth-order valence-electron chi connectivity index (χ4n) is 3.38. The van der Waals surface area contributed by atoms with Crippen molar-refractivity contribution in [1.82, 2.24) is 4.90 Å². The van der Waals surface area contributed by atoms with Gasteiger partial charge in [0.1, 0.15) is 11.9 Å². The van der Waals surface area contributed by atoms with Crippen molar-refractivity contribution < 1.29 is 18.8 Å². The highest BCUT2D eigenvalue weighted by molar-refractivity contribution is 14.1. The molecular formula is C20H16FIN2O3. The van der Waals surface area contributed by atoms with Gasteiger partial charge in [-0.25, -0.2) is 9.29 Å². The van der Waals surface area contributed by atoms with Crippen molar-refractivity contribution in [2.45, 2.75) is 31.3 Å². The molecule has 0 bridgehead atoms. The van der Waals surface area contributed by atoms with Crippen molar-refractivity contribution in [3.05, 3.63) is 63.5 Å². The molecule has 5 nitrogen and oxygen atoms in total. The van der Waals surface area contributed by atoms with Crippen LogP contribution >= 0.6 is 22.6 Å². The van der Waals surface area contributed by atoms with Gasteiger partial charge in [-0.15, -0.1) is 0 Å². The van der Waals surface area contributed by atoms with E-state index in [1.54, 1.807) is 18.2 Å². The third-order valence-electron chi connectivity index (χ3n) is 4.82. The number of halogens is 2. The van der Waals surface area contributed by atoms with Crippen LogP contribution in [0.2, 0.25) is 0 Å². The zero-order valence-electron chi connectivity index (χ0n) is 14.3. The smallest absolute Gasteiger partial charge is 0.257 e. The van der Waals surface area contributed by atoms with Gasteiger partial charge in [0.25, 0.3) is 11.8 Å². The zero-order chi connectivity index (χ0) is 19.1. The molecule has 1 atom stereocenters. The number of carbonyl (C=O) groups excluding carboxylic acids is 3. The summed E-state index contributed by atoms with van der Waals surface area (Å²) < 4.78 is 15.1. The van der Waals surface area contributed by atoms with Gasteiger partial charge in [0.15, 0.2) is 0 Å². The summed E-state index contributed by atoms with van der Waals surface area (Å²) in [6, 6.07) is 11.7. The number of benzene rings is 2. The Morgan fingerprint density at radius 3 is 2.37 bits per heavy atom. The van der Waals surface area contributed by atoms with Crippen LogP contribution in [-0.4, -0.2) is 34.7 Å². The Morgan fingerprint density at radius 2 is 1.74 bits per heavy atom. The number of nitrogens with zero attached hydrogens (tertiary/aromatic N) is 2. The van der Waals surface area contributed by atoms with Crippen LogP contribution in [0.4, 0.5) is 10.1 Å². The van der Waals surface area contributed by atoms with Gasteiger partial charge in [-0.3, -0.25) is 14.4 Å². The molecule has 27 heavy (non-hydrogen) atoms. The summed E-state index contributed by atoms with van der Waals surface area (Å²) in [5.41, 5.74) is 0.416. The normalized spacial score (nSPS) is 19.5. The van der Waals surface area contributed by atoms with E-state index in [1.807, 2.05) is 12.1 Å². The van der Waals surface area contributed by atoms with Crippen LogP contribution < -0.4 is 4.90 Å². The molecule has 1 unspecified atom stereocenters. The monoisotopic (exact) mass is 478 g/mol. The molecule has 0 N–H and O–H groups in total. The van der Waals surface area contributed by atoms with E-state index in [9.17, 15) is 18.8 Å². The molecule has 2 aliphatic rings. The molecule has 1 saturated heterocycles. The average molecular weight is 478 g/mol.